The van der Waals surface area contributed by atoms with Gasteiger partial charge in [-0.2, -0.15) is 0 Å². The number of ketones is 1. The Morgan fingerprint density at radius 3 is 2.27 bits per heavy atom. The van der Waals surface area contributed by atoms with E-state index < -0.39 is 0 Å². The fourth-order valence-corrected chi connectivity index (χ4v) is 0.877. The summed E-state index contributed by atoms with van der Waals surface area (Å²) in [5.74, 6) is 0.238. The van der Waals surface area contributed by atoms with Gasteiger partial charge in [-0.3, -0.25) is 4.79 Å². The van der Waals surface area contributed by atoms with Crippen molar-refractivity contribution in [2.24, 2.45) is 5.92 Å². The van der Waals surface area contributed by atoms with E-state index in [1.54, 1.807) is 0 Å². The number of hydrogen-bond acceptors (Lipinski definition) is 1. The maximum atomic E-state index is 11.3. The van der Waals surface area contributed by atoms with Crippen LogP contribution in [0.4, 0.5) is 0 Å². The number of hydrogen-bond donors (Lipinski definition) is 0. The molecule has 0 N–H and O–H groups in total. The third kappa shape index (κ3) is 3.17. The Bertz CT molecular complexity index is 187. The lowest BCUT2D eigenvalue weighted by Crippen LogP contribution is -2.08. The molecule has 0 aromatic rings. The quantitative estimate of drug-likeness (QED) is 0.449. The van der Waals surface area contributed by atoms with Gasteiger partial charge in [0.05, 0.1) is 0 Å². The lowest BCUT2D eigenvalue weighted by molar-refractivity contribution is -0.117. The molecule has 1 nitrogen and oxygen atoms in total. The summed E-state index contributed by atoms with van der Waals surface area (Å²) >= 11 is 0. The number of rotatable bonds is 3. The van der Waals surface area contributed by atoms with Crippen molar-refractivity contribution >= 4 is 5.78 Å². The van der Waals surface area contributed by atoms with E-state index in [2.05, 4.69) is 0 Å². The Hall–Kier alpha value is -0.850. The van der Waals surface area contributed by atoms with E-state index in [1.807, 2.05) is 45.9 Å². The van der Waals surface area contributed by atoms with Crippen molar-refractivity contribution < 1.29 is 4.79 Å². The SMILES string of the molecule is CC=CC(C)C(=O)C(C)=CC. The Kier molecular flexibility index (Phi) is 4.51. The van der Waals surface area contributed by atoms with E-state index in [9.17, 15) is 4.79 Å². The van der Waals surface area contributed by atoms with E-state index >= 15 is 0 Å². The Morgan fingerprint density at radius 2 is 1.91 bits per heavy atom. The van der Waals surface area contributed by atoms with Crippen LogP contribution in [0.1, 0.15) is 27.7 Å². The minimum absolute atomic E-state index is 0.0243. The van der Waals surface area contributed by atoms with Crippen LogP contribution in [0.25, 0.3) is 0 Å². The number of carbonyl (C=O) groups is 1. The van der Waals surface area contributed by atoms with Gasteiger partial charge < -0.3 is 0 Å². The molecule has 0 rings (SSSR count). The molecule has 1 unspecified atom stereocenters. The summed E-state index contributed by atoms with van der Waals surface area (Å²) in [7, 11) is 0. The van der Waals surface area contributed by atoms with Crippen molar-refractivity contribution in [1.82, 2.24) is 0 Å². The van der Waals surface area contributed by atoms with Gasteiger partial charge in [-0.25, -0.2) is 0 Å². The fraction of sp³-hybridized carbons (Fsp3) is 0.500. The van der Waals surface area contributed by atoms with Gasteiger partial charge in [-0.05, 0) is 26.3 Å². The minimum Gasteiger partial charge on any atom is -0.294 e. The lowest BCUT2D eigenvalue weighted by Gasteiger charge is -2.03. The summed E-state index contributed by atoms with van der Waals surface area (Å²) in [6.45, 7) is 7.57. The molecule has 0 aliphatic carbocycles. The normalized spacial score (nSPS) is 15.5. The van der Waals surface area contributed by atoms with Gasteiger partial charge >= 0.3 is 0 Å². The molecule has 0 bridgehead atoms. The van der Waals surface area contributed by atoms with Crippen LogP contribution in [0.3, 0.4) is 0 Å². The largest absolute Gasteiger partial charge is 0.294 e. The van der Waals surface area contributed by atoms with E-state index in [-0.39, 0.29) is 11.7 Å². The Labute approximate surface area is 68.8 Å². The van der Waals surface area contributed by atoms with Gasteiger partial charge in [-0.1, -0.05) is 25.2 Å². The van der Waals surface area contributed by atoms with Crippen LogP contribution < -0.4 is 0 Å². The summed E-state index contributed by atoms with van der Waals surface area (Å²) in [5.41, 5.74) is 0.843. The van der Waals surface area contributed by atoms with Gasteiger partial charge in [0.1, 0.15) is 0 Å². The predicted molar refractivity (Wildman–Crippen MR) is 48.4 cm³/mol. The smallest absolute Gasteiger partial charge is 0.164 e. The zero-order valence-electron chi connectivity index (χ0n) is 7.72. The summed E-state index contributed by atoms with van der Waals surface area (Å²) in [6, 6.07) is 0. The molecule has 1 atom stereocenters. The minimum atomic E-state index is 0.0243. The van der Waals surface area contributed by atoms with Crippen molar-refractivity contribution in [1.29, 1.82) is 0 Å². The summed E-state index contributed by atoms with van der Waals surface area (Å²) in [6.07, 6.45) is 5.67. The Morgan fingerprint density at radius 1 is 1.36 bits per heavy atom. The highest BCUT2D eigenvalue weighted by Crippen LogP contribution is 2.06. The van der Waals surface area contributed by atoms with Crippen LogP contribution in [0.15, 0.2) is 23.8 Å². The highest BCUT2D eigenvalue weighted by atomic mass is 16.1. The van der Waals surface area contributed by atoms with Crippen molar-refractivity contribution in [3.05, 3.63) is 23.8 Å². The maximum absolute atomic E-state index is 11.3. The van der Waals surface area contributed by atoms with Gasteiger partial charge in [0.25, 0.3) is 0 Å². The molecular formula is C10H16O. The maximum Gasteiger partial charge on any atom is 0.164 e. The topological polar surface area (TPSA) is 17.1 Å². The summed E-state index contributed by atoms with van der Waals surface area (Å²) in [4.78, 5) is 11.3. The van der Waals surface area contributed by atoms with Crippen molar-refractivity contribution in [2.75, 3.05) is 0 Å². The highest BCUT2D eigenvalue weighted by Gasteiger charge is 2.09. The standard InChI is InChI=1S/C10H16O/c1-5-7-9(4)10(11)8(3)6-2/h5-7,9H,1-4H3. The van der Waals surface area contributed by atoms with Gasteiger partial charge in [0.2, 0.25) is 0 Å². The van der Waals surface area contributed by atoms with Crippen LogP contribution >= 0.6 is 0 Å². The van der Waals surface area contributed by atoms with Crippen LogP contribution in [-0.2, 0) is 4.79 Å². The van der Waals surface area contributed by atoms with Crippen LogP contribution in [0.2, 0.25) is 0 Å². The van der Waals surface area contributed by atoms with Crippen molar-refractivity contribution in [2.45, 2.75) is 27.7 Å². The Balaban J connectivity index is 4.25. The molecule has 1 heteroatoms. The molecule has 0 aromatic heterocycles. The van der Waals surface area contributed by atoms with Crippen molar-refractivity contribution in [3.8, 4) is 0 Å². The molecule has 62 valence electrons. The lowest BCUT2D eigenvalue weighted by atomic mass is 10.00. The molecule has 0 saturated heterocycles. The molecule has 0 aliphatic rings. The first-order valence-electron chi connectivity index (χ1n) is 3.93. The second-order valence-electron chi connectivity index (χ2n) is 2.65. The third-order valence-corrected chi connectivity index (χ3v) is 1.72. The molecule has 11 heavy (non-hydrogen) atoms. The van der Waals surface area contributed by atoms with Crippen LogP contribution in [0, 0.1) is 5.92 Å². The van der Waals surface area contributed by atoms with E-state index in [1.165, 1.54) is 0 Å². The number of carbonyl (C=O) groups excluding carboxylic acids is 1. The monoisotopic (exact) mass is 152 g/mol. The summed E-state index contributed by atoms with van der Waals surface area (Å²) < 4.78 is 0. The highest BCUT2D eigenvalue weighted by molar-refractivity contribution is 5.97. The molecule has 0 fully saturated rings. The van der Waals surface area contributed by atoms with E-state index in [0.29, 0.717) is 0 Å². The molecule has 0 aliphatic heterocycles. The first-order chi connectivity index (χ1) is 5.13. The molecule has 0 aromatic carbocycles. The first-order valence-corrected chi connectivity index (χ1v) is 3.93. The second-order valence-corrected chi connectivity index (χ2v) is 2.65. The molecule has 0 spiro atoms. The van der Waals surface area contributed by atoms with Crippen LogP contribution in [0.5, 0.6) is 0 Å². The zero-order valence-corrected chi connectivity index (χ0v) is 7.72. The average Bonchev–Trinajstić information content (AvgIpc) is 2.02. The van der Waals surface area contributed by atoms with Gasteiger partial charge in [0.15, 0.2) is 5.78 Å². The predicted octanol–water partition coefficient (Wildman–Crippen LogP) is 2.73. The second kappa shape index (κ2) is 4.89. The molecular weight excluding hydrogens is 136 g/mol. The third-order valence-electron chi connectivity index (χ3n) is 1.72. The molecule has 0 saturated carbocycles. The molecule has 0 radical (unpaired) electrons. The average molecular weight is 152 g/mol. The van der Waals surface area contributed by atoms with Gasteiger partial charge in [0, 0.05) is 5.92 Å². The fourth-order valence-electron chi connectivity index (χ4n) is 0.877. The zero-order chi connectivity index (χ0) is 8.85. The van der Waals surface area contributed by atoms with E-state index in [4.69, 9.17) is 0 Å². The number of allylic oxidation sites excluding steroid dienone is 4. The first kappa shape index (κ1) is 10.2. The molecule has 0 amide bonds. The van der Waals surface area contributed by atoms with Crippen molar-refractivity contribution in [3.63, 3.8) is 0 Å². The molecule has 0 heterocycles. The van der Waals surface area contributed by atoms with Gasteiger partial charge in [-0.15, -0.1) is 0 Å². The van der Waals surface area contributed by atoms with Crippen LogP contribution in [-0.4, -0.2) is 5.78 Å². The number of Topliss-reactive ketones (excluding diaryl/α,β-unsaturated/α-hetero) is 1. The summed E-state index contributed by atoms with van der Waals surface area (Å²) in [5, 5.41) is 0. The van der Waals surface area contributed by atoms with E-state index in [0.717, 1.165) is 5.57 Å².